The van der Waals surface area contributed by atoms with Gasteiger partial charge in [-0.1, -0.05) is 36.4 Å². The van der Waals surface area contributed by atoms with E-state index in [1.54, 1.807) is 6.92 Å². The molecule has 0 spiro atoms. The molecule has 32 heavy (non-hydrogen) atoms. The highest BCUT2D eigenvalue weighted by molar-refractivity contribution is 5.97. The molecule has 4 aromatic rings. The van der Waals surface area contributed by atoms with Crippen molar-refractivity contribution in [2.45, 2.75) is 39.7 Å². The Labute approximate surface area is 187 Å². The zero-order valence-electron chi connectivity index (χ0n) is 18.6. The van der Waals surface area contributed by atoms with E-state index >= 15 is 0 Å². The highest BCUT2D eigenvalue weighted by atomic mass is 16.5. The number of hydrogen-bond acceptors (Lipinski definition) is 4. The third-order valence-corrected chi connectivity index (χ3v) is 6.01. The van der Waals surface area contributed by atoms with Gasteiger partial charge in [-0.25, -0.2) is 4.68 Å². The van der Waals surface area contributed by atoms with Gasteiger partial charge in [0, 0.05) is 23.7 Å². The standard InChI is InChI=1S/C26H26N4O2/c1-17-16-23(27-25-24(17)18(2)28-30(25)21-12-5-4-6-13-21)32-19(3)26(31)29-15-9-11-20-10-7-8-14-22(20)29/h4-8,10,12-14,16,19H,9,11,15H2,1-3H3. The van der Waals surface area contributed by atoms with Crippen molar-refractivity contribution >= 4 is 22.6 Å². The number of hydrogen-bond donors (Lipinski definition) is 0. The van der Waals surface area contributed by atoms with E-state index in [1.165, 1.54) is 5.56 Å². The molecule has 0 saturated heterocycles. The Morgan fingerprint density at radius 3 is 2.62 bits per heavy atom. The van der Waals surface area contributed by atoms with Gasteiger partial charge in [0.1, 0.15) is 0 Å². The number of para-hydroxylation sites is 2. The summed E-state index contributed by atoms with van der Waals surface area (Å²) < 4.78 is 7.92. The largest absolute Gasteiger partial charge is 0.464 e. The second-order valence-corrected chi connectivity index (χ2v) is 8.29. The minimum atomic E-state index is -0.653. The van der Waals surface area contributed by atoms with Gasteiger partial charge in [0.05, 0.1) is 11.4 Å². The van der Waals surface area contributed by atoms with Crippen molar-refractivity contribution in [2.75, 3.05) is 11.4 Å². The molecule has 1 atom stereocenters. The van der Waals surface area contributed by atoms with Crippen molar-refractivity contribution in [3.05, 3.63) is 77.5 Å². The average molecular weight is 427 g/mol. The number of nitrogens with zero attached hydrogens (tertiary/aromatic N) is 4. The van der Waals surface area contributed by atoms with E-state index in [1.807, 2.05) is 78.0 Å². The summed E-state index contributed by atoms with van der Waals surface area (Å²) in [6.45, 7) is 6.50. The molecule has 0 aliphatic carbocycles. The predicted molar refractivity (Wildman–Crippen MR) is 126 cm³/mol. The summed E-state index contributed by atoms with van der Waals surface area (Å²) in [5.74, 6) is 0.377. The van der Waals surface area contributed by atoms with Crippen LogP contribution in [-0.4, -0.2) is 33.3 Å². The van der Waals surface area contributed by atoms with Gasteiger partial charge in [0.15, 0.2) is 11.8 Å². The Hall–Kier alpha value is -3.67. The Bertz CT molecular complexity index is 1300. The van der Waals surface area contributed by atoms with Crippen LogP contribution in [0, 0.1) is 13.8 Å². The zero-order valence-corrected chi connectivity index (χ0v) is 18.6. The monoisotopic (exact) mass is 426 g/mol. The number of ether oxygens (including phenoxy) is 1. The molecule has 1 amide bonds. The minimum Gasteiger partial charge on any atom is -0.464 e. The van der Waals surface area contributed by atoms with Crippen LogP contribution in [0.25, 0.3) is 16.7 Å². The van der Waals surface area contributed by atoms with Gasteiger partial charge in [-0.2, -0.15) is 10.1 Å². The maximum absolute atomic E-state index is 13.3. The number of benzene rings is 2. The fourth-order valence-electron chi connectivity index (χ4n) is 4.50. The summed E-state index contributed by atoms with van der Waals surface area (Å²) in [6.07, 6.45) is 1.30. The molecular formula is C26H26N4O2. The quantitative estimate of drug-likeness (QED) is 0.471. The first-order valence-electron chi connectivity index (χ1n) is 11.0. The lowest BCUT2D eigenvalue weighted by Crippen LogP contribution is -2.43. The lowest BCUT2D eigenvalue weighted by molar-refractivity contribution is -0.124. The molecular weight excluding hydrogens is 400 g/mol. The molecule has 0 bridgehead atoms. The smallest absolute Gasteiger partial charge is 0.267 e. The molecule has 162 valence electrons. The molecule has 1 aliphatic heterocycles. The highest BCUT2D eigenvalue weighted by Gasteiger charge is 2.28. The van der Waals surface area contributed by atoms with Gasteiger partial charge in [0.25, 0.3) is 5.91 Å². The normalized spacial score (nSPS) is 14.3. The summed E-state index contributed by atoms with van der Waals surface area (Å²) in [7, 11) is 0. The van der Waals surface area contributed by atoms with Crippen LogP contribution >= 0.6 is 0 Å². The molecule has 5 rings (SSSR count). The zero-order chi connectivity index (χ0) is 22.2. The molecule has 2 aromatic heterocycles. The van der Waals surface area contributed by atoms with E-state index in [0.717, 1.165) is 46.5 Å². The number of carbonyl (C=O) groups excluding carboxylic acids is 1. The molecule has 6 nitrogen and oxygen atoms in total. The number of aryl methyl sites for hydroxylation is 3. The third-order valence-electron chi connectivity index (χ3n) is 6.01. The van der Waals surface area contributed by atoms with E-state index in [4.69, 9.17) is 14.8 Å². The van der Waals surface area contributed by atoms with Gasteiger partial charge < -0.3 is 9.64 Å². The van der Waals surface area contributed by atoms with Crippen LogP contribution in [-0.2, 0) is 11.2 Å². The SMILES string of the molecule is Cc1cc(OC(C)C(=O)N2CCCc3ccccc32)nc2c1c(C)nn2-c1ccccc1. The predicted octanol–water partition coefficient (Wildman–Crippen LogP) is 4.78. The summed E-state index contributed by atoms with van der Waals surface area (Å²) in [5.41, 5.74) is 5.78. The van der Waals surface area contributed by atoms with Crippen LogP contribution < -0.4 is 9.64 Å². The van der Waals surface area contributed by atoms with Gasteiger partial charge in [-0.3, -0.25) is 4.79 Å². The average Bonchev–Trinajstić information content (AvgIpc) is 3.15. The second-order valence-electron chi connectivity index (χ2n) is 8.29. The van der Waals surface area contributed by atoms with Crippen LogP contribution in [0.1, 0.15) is 30.2 Å². The molecule has 1 aliphatic rings. The van der Waals surface area contributed by atoms with E-state index in [9.17, 15) is 4.79 Å². The Balaban J connectivity index is 1.46. The maximum Gasteiger partial charge on any atom is 0.267 e. The number of rotatable bonds is 4. The Kier molecular flexibility index (Phi) is 5.13. The van der Waals surface area contributed by atoms with Crippen LogP contribution in [0.15, 0.2) is 60.7 Å². The van der Waals surface area contributed by atoms with Crippen molar-refractivity contribution in [1.29, 1.82) is 0 Å². The van der Waals surface area contributed by atoms with Crippen LogP contribution in [0.3, 0.4) is 0 Å². The van der Waals surface area contributed by atoms with Crippen molar-refractivity contribution in [1.82, 2.24) is 14.8 Å². The third kappa shape index (κ3) is 3.51. The molecule has 0 fully saturated rings. The lowest BCUT2D eigenvalue weighted by atomic mass is 10.0. The Morgan fingerprint density at radius 1 is 1.06 bits per heavy atom. The topological polar surface area (TPSA) is 60.2 Å². The first-order chi connectivity index (χ1) is 15.5. The molecule has 2 aromatic carbocycles. The van der Waals surface area contributed by atoms with Crippen molar-refractivity contribution in [3.8, 4) is 11.6 Å². The summed E-state index contributed by atoms with van der Waals surface area (Å²) >= 11 is 0. The molecule has 1 unspecified atom stereocenters. The summed E-state index contributed by atoms with van der Waals surface area (Å²) in [4.78, 5) is 19.9. The number of amides is 1. The van der Waals surface area contributed by atoms with E-state index in [0.29, 0.717) is 12.4 Å². The number of pyridine rings is 1. The fraction of sp³-hybridized carbons (Fsp3) is 0.269. The molecule has 6 heteroatoms. The van der Waals surface area contributed by atoms with Crippen molar-refractivity contribution < 1.29 is 9.53 Å². The number of aromatic nitrogens is 3. The summed E-state index contributed by atoms with van der Waals surface area (Å²) in [6, 6.07) is 19.9. The maximum atomic E-state index is 13.3. The molecule has 0 saturated carbocycles. The van der Waals surface area contributed by atoms with Gasteiger partial charge >= 0.3 is 0 Å². The second kappa shape index (κ2) is 8.11. The molecule has 3 heterocycles. The van der Waals surface area contributed by atoms with Crippen molar-refractivity contribution in [3.63, 3.8) is 0 Å². The van der Waals surface area contributed by atoms with E-state index < -0.39 is 6.10 Å². The number of carbonyl (C=O) groups is 1. The number of fused-ring (bicyclic) bond motifs is 2. The van der Waals surface area contributed by atoms with Gasteiger partial charge in [-0.05, 0) is 62.9 Å². The molecule has 0 radical (unpaired) electrons. The van der Waals surface area contributed by atoms with E-state index in [2.05, 4.69) is 6.07 Å². The lowest BCUT2D eigenvalue weighted by Gasteiger charge is -2.31. The number of anilines is 1. The molecule has 0 N–H and O–H groups in total. The van der Waals surface area contributed by atoms with Crippen LogP contribution in [0.5, 0.6) is 5.88 Å². The first kappa shape index (κ1) is 20.2. The van der Waals surface area contributed by atoms with Crippen molar-refractivity contribution in [2.24, 2.45) is 0 Å². The van der Waals surface area contributed by atoms with Gasteiger partial charge in [0.2, 0.25) is 5.88 Å². The summed E-state index contributed by atoms with van der Waals surface area (Å²) in [5, 5.41) is 5.70. The minimum absolute atomic E-state index is 0.0514. The first-order valence-corrected chi connectivity index (χ1v) is 11.0. The van der Waals surface area contributed by atoms with Gasteiger partial charge in [-0.15, -0.1) is 0 Å². The highest BCUT2D eigenvalue weighted by Crippen LogP contribution is 2.29. The van der Waals surface area contributed by atoms with Crippen LogP contribution in [0.4, 0.5) is 5.69 Å². The van der Waals surface area contributed by atoms with E-state index in [-0.39, 0.29) is 5.91 Å². The fourth-order valence-corrected chi connectivity index (χ4v) is 4.50. The Morgan fingerprint density at radius 2 is 1.81 bits per heavy atom. The van der Waals surface area contributed by atoms with Crippen LogP contribution in [0.2, 0.25) is 0 Å².